The van der Waals surface area contributed by atoms with Crippen LogP contribution in [-0.2, 0) is 6.54 Å². The Bertz CT molecular complexity index is 375. The molecule has 1 heterocycles. The van der Waals surface area contributed by atoms with E-state index in [4.69, 9.17) is 0 Å². The Morgan fingerprint density at radius 1 is 1.53 bits per heavy atom. The predicted octanol–water partition coefficient (Wildman–Crippen LogP) is 2.24. The van der Waals surface area contributed by atoms with Crippen molar-refractivity contribution in [2.24, 2.45) is 0 Å². The first-order valence-electron chi connectivity index (χ1n) is 5.20. The van der Waals surface area contributed by atoms with Crippen LogP contribution in [0.25, 0.3) is 0 Å². The maximum Gasteiger partial charge on any atom is 0.283 e. The molecule has 0 unspecified atom stereocenters. The summed E-state index contributed by atoms with van der Waals surface area (Å²) in [6.07, 6.45) is 3.90. The summed E-state index contributed by atoms with van der Waals surface area (Å²) >= 11 is 3.29. The lowest BCUT2D eigenvalue weighted by Crippen LogP contribution is -2.23. The Labute approximate surface area is 97.8 Å². The third kappa shape index (κ3) is 3.06. The summed E-state index contributed by atoms with van der Waals surface area (Å²) < 4.78 is 1.99. The van der Waals surface area contributed by atoms with Crippen LogP contribution in [0.2, 0.25) is 0 Å². The Morgan fingerprint density at radius 3 is 2.87 bits per heavy atom. The molecular formula is C10H16BrN3O. The molecule has 1 N–H and O–H groups in total. The third-order valence-electron chi connectivity index (χ3n) is 2.13. The van der Waals surface area contributed by atoms with E-state index in [1.165, 1.54) is 4.68 Å². The first-order valence-corrected chi connectivity index (χ1v) is 5.99. The lowest BCUT2D eigenvalue weighted by atomic mass is 10.3. The molecule has 0 aliphatic rings. The molecule has 0 bridgehead atoms. The minimum atomic E-state index is -0.0843. The number of aryl methyl sites for hydroxylation is 1. The van der Waals surface area contributed by atoms with Crippen LogP contribution < -0.4 is 10.9 Å². The maximum atomic E-state index is 11.7. The van der Waals surface area contributed by atoms with Gasteiger partial charge in [-0.15, -0.1) is 0 Å². The van der Waals surface area contributed by atoms with E-state index in [0.29, 0.717) is 11.0 Å². The third-order valence-corrected chi connectivity index (χ3v) is 2.90. The summed E-state index contributed by atoms with van der Waals surface area (Å²) in [6, 6.07) is 0. The molecule has 0 spiro atoms. The fraction of sp³-hybridized carbons (Fsp3) is 0.600. The van der Waals surface area contributed by atoms with Gasteiger partial charge in [0.25, 0.3) is 5.56 Å². The molecular weight excluding hydrogens is 258 g/mol. The van der Waals surface area contributed by atoms with Crippen LogP contribution in [0.3, 0.4) is 0 Å². The molecule has 0 fully saturated rings. The molecule has 0 aliphatic heterocycles. The average Bonchev–Trinajstić information content (AvgIpc) is 2.25. The summed E-state index contributed by atoms with van der Waals surface area (Å²) in [5.74, 6) is 0. The maximum absolute atomic E-state index is 11.7. The van der Waals surface area contributed by atoms with Crippen molar-refractivity contribution in [3.63, 3.8) is 0 Å². The van der Waals surface area contributed by atoms with E-state index in [-0.39, 0.29) is 5.56 Å². The monoisotopic (exact) mass is 273 g/mol. The molecule has 4 nitrogen and oxygen atoms in total. The molecule has 0 amide bonds. The second-order valence-electron chi connectivity index (χ2n) is 3.27. The van der Waals surface area contributed by atoms with Crippen LogP contribution in [0.5, 0.6) is 0 Å². The van der Waals surface area contributed by atoms with Gasteiger partial charge < -0.3 is 5.32 Å². The average molecular weight is 274 g/mol. The number of unbranched alkanes of at least 4 members (excludes halogenated alkanes) is 1. The Morgan fingerprint density at radius 2 is 2.27 bits per heavy atom. The van der Waals surface area contributed by atoms with E-state index >= 15 is 0 Å². The Balaban J connectivity index is 2.82. The molecule has 5 heteroatoms. The quantitative estimate of drug-likeness (QED) is 0.838. The van der Waals surface area contributed by atoms with Gasteiger partial charge in [0.05, 0.1) is 11.9 Å². The molecule has 0 saturated heterocycles. The van der Waals surface area contributed by atoms with Crippen molar-refractivity contribution >= 4 is 21.6 Å². The smallest absolute Gasteiger partial charge is 0.283 e. The van der Waals surface area contributed by atoms with Gasteiger partial charge in [-0.1, -0.05) is 13.3 Å². The number of nitrogens with zero attached hydrogens (tertiary/aromatic N) is 2. The molecule has 1 aromatic rings. The summed E-state index contributed by atoms with van der Waals surface area (Å²) in [7, 11) is 0. The van der Waals surface area contributed by atoms with Gasteiger partial charge in [0.15, 0.2) is 0 Å². The highest BCUT2D eigenvalue weighted by Gasteiger charge is 2.06. The van der Waals surface area contributed by atoms with Gasteiger partial charge in [-0.05, 0) is 29.3 Å². The van der Waals surface area contributed by atoms with Crippen molar-refractivity contribution in [1.29, 1.82) is 0 Å². The Kier molecular flexibility index (Phi) is 4.81. The number of hydrogen-bond donors (Lipinski definition) is 1. The molecule has 0 atom stereocenters. The van der Waals surface area contributed by atoms with Gasteiger partial charge in [-0.2, -0.15) is 5.10 Å². The minimum Gasteiger partial charge on any atom is -0.383 e. The van der Waals surface area contributed by atoms with Gasteiger partial charge in [0.1, 0.15) is 4.47 Å². The predicted molar refractivity (Wildman–Crippen MR) is 65.3 cm³/mol. The van der Waals surface area contributed by atoms with Crippen LogP contribution in [-0.4, -0.2) is 16.3 Å². The highest BCUT2D eigenvalue weighted by atomic mass is 79.9. The van der Waals surface area contributed by atoms with Crippen molar-refractivity contribution < 1.29 is 0 Å². The largest absolute Gasteiger partial charge is 0.383 e. The van der Waals surface area contributed by atoms with Gasteiger partial charge in [-0.25, -0.2) is 4.68 Å². The second-order valence-corrected chi connectivity index (χ2v) is 4.07. The summed E-state index contributed by atoms with van der Waals surface area (Å²) in [5.41, 5.74) is 0.692. The number of nitrogens with one attached hydrogen (secondary N) is 1. The molecule has 0 radical (unpaired) electrons. The van der Waals surface area contributed by atoms with Crippen LogP contribution in [0.4, 0.5) is 5.69 Å². The van der Waals surface area contributed by atoms with E-state index in [9.17, 15) is 4.79 Å². The fourth-order valence-corrected chi connectivity index (χ4v) is 1.66. The van der Waals surface area contributed by atoms with E-state index in [1.54, 1.807) is 6.20 Å². The van der Waals surface area contributed by atoms with Crippen molar-refractivity contribution in [1.82, 2.24) is 9.78 Å². The van der Waals surface area contributed by atoms with Crippen LogP contribution in [0.1, 0.15) is 26.7 Å². The zero-order valence-electron chi connectivity index (χ0n) is 9.09. The SMILES string of the molecule is CCCCNc1cnn(CC)c(=O)c1Br. The Hall–Kier alpha value is -0.840. The summed E-state index contributed by atoms with van der Waals surface area (Å²) in [5, 5.41) is 7.23. The molecule has 84 valence electrons. The first kappa shape index (κ1) is 12.2. The van der Waals surface area contributed by atoms with Gasteiger partial charge in [0, 0.05) is 13.1 Å². The highest BCUT2D eigenvalue weighted by molar-refractivity contribution is 9.10. The summed E-state index contributed by atoms with van der Waals surface area (Å²) in [4.78, 5) is 11.7. The standard InChI is InChI=1S/C10H16BrN3O/c1-3-5-6-12-8-7-13-14(4-2)10(15)9(8)11/h7,12H,3-6H2,1-2H3. The molecule has 1 aromatic heterocycles. The zero-order chi connectivity index (χ0) is 11.3. The molecule has 1 rings (SSSR count). The first-order chi connectivity index (χ1) is 7.20. The molecule has 0 aromatic carbocycles. The van der Waals surface area contributed by atoms with Gasteiger partial charge in [0.2, 0.25) is 0 Å². The molecule has 15 heavy (non-hydrogen) atoms. The van der Waals surface area contributed by atoms with Crippen molar-refractivity contribution in [3.8, 4) is 0 Å². The second kappa shape index (κ2) is 5.90. The van der Waals surface area contributed by atoms with E-state index in [0.717, 1.165) is 25.1 Å². The van der Waals surface area contributed by atoms with Crippen LogP contribution >= 0.6 is 15.9 Å². The van der Waals surface area contributed by atoms with Crippen LogP contribution in [0, 0.1) is 0 Å². The minimum absolute atomic E-state index is 0.0843. The highest BCUT2D eigenvalue weighted by Crippen LogP contribution is 2.15. The van der Waals surface area contributed by atoms with Crippen LogP contribution in [0.15, 0.2) is 15.5 Å². The van der Waals surface area contributed by atoms with Crippen molar-refractivity contribution in [2.45, 2.75) is 33.2 Å². The van der Waals surface area contributed by atoms with Crippen molar-refractivity contribution in [3.05, 3.63) is 21.0 Å². The zero-order valence-corrected chi connectivity index (χ0v) is 10.7. The van der Waals surface area contributed by atoms with E-state index in [2.05, 4.69) is 33.3 Å². The number of anilines is 1. The summed E-state index contributed by atoms with van der Waals surface area (Å²) in [6.45, 7) is 5.48. The number of rotatable bonds is 5. The number of halogens is 1. The molecule has 0 aliphatic carbocycles. The fourth-order valence-electron chi connectivity index (χ4n) is 1.21. The van der Waals surface area contributed by atoms with E-state index in [1.807, 2.05) is 6.92 Å². The molecule has 0 saturated carbocycles. The topological polar surface area (TPSA) is 46.9 Å². The number of hydrogen-bond acceptors (Lipinski definition) is 3. The van der Waals surface area contributed by atoms with Crippen molar-refractivity contribution in [2.75, 3.05) is 11.9 Å². The lowest BCUT2D eigenvalue weighted by molar-refractivity contribution is 0.612. The van der Waals surface area contributed by atoms with E-state index < -0.39 is 0 Å². The lowest BCUT2D eigenvalue weighted by Gasteiger charge is -2.08. The normalized spacial score (nSPS) is 10.3. The van der Waals surface area contributed by atoms with Gasteiger partial charge >= 0.3 is 0 Å². The van der Waals surface area contributed by atoms with Gasteiger partial charge in [-0.3, -0.25) is 4.79 Å². The number of aromatic nitrogens is 2.